The first-order valence-corrected chi connectivity index (χ1v) is 19.2. The molecule has 1 saturated carbocycles. The summed E-state index contributed by atoms with van der Waals surface area (Å²) < 4.78 is 16.7. The van der Waals surface area contributed by atoms with Crippen molar-refractivity contribution < 1.29 is 33.4 Å². The summed E-state index contributed by atoms with van der Waals surface area (Å²) in [5.41, 5.74) is 5.06. The van der Waals surface area contributed by atoms with E-state index in [1.807, 2.05) is 31.4 Å². The first-order valence-electron chi connectivity index (χ1n) is 18.3. The van der Waals surface area contributed by atoms with Gasteiger partial charge >= 0.3 is 12.1 Å². The monoisotopic (exact) mass is 763 g/mol. The van der Waals surface area contributed by atoms with Gasteiger partial charge in [-0.05, 0) is 118 Å². The number of ether oxygens (including phenoxy) is 3. The lowest BCUT2D eigenvalue weighted by atomic mass is 9.87. The zero-order chi connectivity index (χ0) is 39.4. The highest BCUT2D eigenvalue weighted by Gasteiger charge is 2.29. The van der Waals surface area contributed by atoms with Crippen LogP contribution >= 0.6 is 11.3 Å². The molecule has 6 rings (SSSR count). The SMILES string of the molecule is COC(=O)c1nc(C(=O)NC2CCC(C#N)CC2)ccc1-c1cc2c(cc1C(=O)Nc1c(C)cc(CNC(=O)OC(C)(C)C)cc1C)-c1sccc1CCO2. The van der Waals surface area contributed by atoms with Gasteiger partial charge in [0.2, 0.25) is 0 Å². The van der Waals surface area contributed by atoms with Gasteiger partial charge in [0.15, 0.2) is 5.69 Å². The molecule has 1 aliphatic carbocycles. The molecule has 2 aromatic carbocycles. The van der Waals surface area contributed by atoms with Crippen LogP contribution in [-0.2, 0) is 22.4 Å². The highest BCUT2D eigenvalue weighted by molar-refractivity contribution is 7.13. The van der Waals surface area contributed by atoms with Crippen molar-refractivity contribution in [3.05, 3.63) is 87.0 Å². The number of hydrogen-bond acceptors (Lipinski definition) is 10. The van der Waals surface area contributed by atoms with Crippen LogP contribution in [0.2, 0.25) is 0 Å². The van der Waals surface area contributed by atoms with Crippen LogP contribution in [0.3, 0.4) is 0 Å². The number of esters is 1. The maximum Gasteiger partial charge on any atom is 0.407 e. The Morgan fingerprint density at radius 1 is 0.964 bits per heavy atom. The molecular weight excluding hydrogens is 719 g/mol. The molecule has 3 N–H and O–H groups in total. The van der Waals surface area contributed by atoms with Gasteiger partial charge in [0.05, 0.1) is 19.8 Å². The molecular formula is C42H45N5O7S. The topological polar surface area (TPSA) is 169 Å². The molecule has 2 aromatic heterocycles. The molecule has 2 aliphatic rings. The standard InChI is InChI=1S/C42H45N5O7S/c1-23-17-26(22-44-41(51)54-42(3,4)5)18-24(2)35(23)47-38(48)31-19-32-34(53-15-13-27-14-16-55-37(27)32)20-30(31)29-11-12-33(46-36(29)40(50)52-6)39(49)45-28-9-7-25(21-43)8-10-28/h11-12,14,16-20,25,28H,7-10,13,15,22H2,1-6H3,(H,44,51)(H,45,49)(H,47,48). The number of nitrogens with zero attached hydrogens (tertiary/aromatic N) is 2. The quantitative estimate of drug-likeness (QED) is 0.151. The number of nitrogens with one attached hydrogen (secondary N) is 3. The predicted molar refractivity (Wildman–Crippen MR) is 209 cm³/mol. The molecule has 3 heterocycles. The van der Waals surface area contributed by atoms with Crippen molar-refractivity contribution in [2.45, 2.75) is 84.9 Å². The van der Waals surface area contributed by atoms with E-state index in [2.05, 4.69) is 33.1 Å². The smallest absolute Gasteiger partial charge is 0.407 e. The lowest BCUT2D eigenvalue weighted by Crippen LogP contribution is -2.38. The van der Waals surface area contributed by atoms with E-state index in [1.165, 1.54) is 13.2 Å². The van der Waals surface area contributed by atoms with Crippen molar-refractivity contribution in [3.8, 4) is 33.4 Å². The summed E-state index contributed by atoms with van der Waals surface area (Å²) in [5, 5.41) is 20.1. The van der Waals surface area contributed by atoms with Gasteiger partial charge in [-0.2, -0.15) is 5.26 Å². The number of carbonyl (C=O) groups is 4. The third kappa shape index (κ3) is 8.98. The molecule has 0 radical (unpaired) electrons. The average molecular weight is 764 g/mol. The van der Waals surface area contributed by atoms with Crippen molar-refractivity contribution >= 4 is 40.9 Å². The minimum atomic E-state index is -0.774. The molecule has 0 unspecified atom stereocenters. The average Bonchev–Trinajstić information content (AvgIpc) is 3.55. The Bertz CT molecular complexity index is 2170. The number of anilines is 1. The Morgan fingerprint density at radius 3 is 2.36 bits per heavy atom. The third-order valence-electron chi connectivity index (χ3n) is 9.69. The van der Waals surface area contributed by atoms with Gasteiger partial charge in [-0.3, -0.25) is 9.59 Å². The maximum atomic E-state index is 14.5. The molecule has 0 atom stereocenters. The van der Waals surface area contributed by atoms with Crippen LogP contribution in [-0.4, -0.2) is 54.2 Å². The second kappa shape index (κ2) is 16.3. The number of methoxy groups -OCH3 is 1. The van der Waals surface area contributed by atoms with Gasteiger partial charge < -0.3 is 30.2 Å². The number of nitriles is 1. The highest BCUT2D eigenvalue weighted by atomic mass is 32.1. The molecule has 286 valence electrons. The molecule has 4 aromatic rings. The van der Waals surface area contributed by atoms with Crippen LogP contribution < -0.4 is 20.7 Å². The molecule has 0 saturated heterocycles. The minimum absolute atomic E-state index is 0.0144. The van der Waals surface area contributed by atoms with E-state index in [1.54, 1.807) is 50.3 Å². The summed E-state index contributed by atoms with van der Waals surface area (Å²) in [6.45, 7) is 9.81. The van der Waals surface area contributed by atoms with Gasteiger partial charge in [0.25, 0.3) is 11.8 Å². The number of hydrogen-bond donors (Lipinski definition) is 3. The van der Waals surface area contributed by atoms with Gasteiger partial charge in [-0.25, -0.2) is 14.6 Å². The summed E-state index contributed by atoms with van der Waals surface area (Å²) in [6.07, 6.45) is 2.92. The predicted octanol–water partition coefficient (Wildman–Crippen LogP) is 7.90. The first-order chi connectivity index (χ1) is 26.2. The van der Waals surface area contributed by atoms with Crippen molar-refractivity contribution in [2.24, 2.45) is 5.92 Å². The van der Waals surface area contributed by atoms with E-state index >= 15 is 0 Å². The largest absolute Gasteiger partial charge is 0.493 e. The Hall–Kier alpha value is -5.74. The number of benzene rings is 2. The summed E-state index contributed by atoms with van der Waals surface area (Å²) in [7, 11) is 1.23. The van der Waals surface area contributed by atoms with Crippen LogP contribution in [0.25, 0.3) is 21.6 Å². The lowest BCUT2D eigenvalue weighted by molar-refractivity contribution is 0.0521. The zero-order valence-corrected chi connectivity index (χ0v) is 32.7. The number of rotatable bonds is 8. The van der Waals surface area contributed by atoms with E-state index in [4.69, 9.17) is 14.2 Å². The summed E-state index contributed by atoms with van der Waals surface area (Å²) in [4.78, 5) is 59.0. The molecule has 0 spiro atoms. The van der Waals surface area contributed by atoms with Crippen molar-refractivity contribution in [3.63, 3.8) is 0 Å². The second-order valence-electron chi connectivity index (χ2n) is 14.9. The molecule has 1 fully saturated rings. The first kappa shape index (κ1) is 39.0. The highest BCUT2D eigenvalue weighted by Crippen LogP contribution is 2.43. The van der Waals surface area contributed by atoms with Crippen LogP contribution in [0.5, 0.6) is 5.75 Å². The molecule has 1 aliphatic heterocycles. The van der Waals surface area contributed by atoms with Gasteiger partial charge in [-0.15, -0.1) is 11.3 Å². The number of alkyl carbamates (subject to hydrolysis) is 1. The lowest BCUT2D eigenvalue weighted by Gasteiger charge is -2.25. The maximum absolute atomic E-state index is 14.5. The molecule has 3 amide bonds. The number of pyridine rings is 1. The Kier molecular flexibility index (Phi) is 11.6. The van der Waals surface area contributed by atoms with Gasteiger partial charge in [-0.1, -0.05) is 12.1 Å². The molecule has 12 nitrogen and oxygen atoms in total. The van der Waals surface area contributed by atoms with Gasteiger partial charge in [0, 0.05) is 57.7 Å². The van der Waals surface area contributed by atoms with Crippen molar-refractivity contribution in [2.75, 3.05) is 19.0 Å². The zero-order valence-electron chi connectivity index (χ0n) is 31.9. The Morgan fingerprint density at radius 2 is 1.69 bits per heavy atom. The van der Waals surface area contributed by atoms with Crippen molar-refractivity contribution in [1.82, 2.24) is 15.6 Å². The molecule has 55 heavy (non-hydrogen) atoms. The normalized spacial score (nSPS) is 16.2. The number of fused-ring (bicyclic) bond motifs is 3. The number of aryl methyl sites for hydroxylation is 2. The van der Waals surface area contributed by atoms with Gasteiger partial charge in [0.1, 0.15) is 17.0 Å². The summed E-state index contributed by atoms with van der Waals surface area (Å²) >= 11 is 1.56. The van der Waals surface area contributed by atoms with E-state index in [9.17, 15) is 24.4 Å². The fourth-order valence-corrected chi connectivity index (χ4v) is 8.01. The second-order valence-corrected chi connectivity index (χ2v) is 15.8. The fourth-order valence-electron chi connectivity index (χ4n) is 7.03. The van der Waals surface area contributed by atoms with E-state index in [0.29, 0.717) is 61.3 Å². The third-order valence-corrected chi connectivity index (χ3v) is 10.7. The van der Waals surface area contributed by atoms with E-state index < -0.39 is 29.5 Å². The van der Waals surface area contributed by atoms with Crippen LogP contribution in [0.15, 0.2) is 47.8 Å². The van der Waals surface area contributed by atoms with Crippen LogP contribution in [0, 0.1) is 31.1 Å². The van der Waals surface area contributed by atoms with Crippen LogP contribution in [0.1, 0.15) is 100 Å². The number of carbonyl (C=O) groups excluding carboxylic acids is 4. The van der Waals surface area contributed by atoms with Crippen molar-refractivity contribution in [1.29, 1.82) is 5.26 Å². The van der Waals surface area contributed by atoms with E-state index in [-0.39, 0.29) is 35.5 Å². The number of amides is 3. The van der Waals surface area contributed by atoms with E-state index in [0.717, 1.165) is 32.7 Å². The summed E-state index contributed by atoms with van der Waals surface area (Å²) in [5.74, 6) is -1.12. The Labute approximate surface area is 324 Å². The number of aromatic nitrogens is 1. The molecule has 13 heteroatoms. The minimum Gasteiger partial charge on any atom is -0.493 e. The fraction of sp³-hybridized carbons (Fsp3) is 0.381. The number of thiophene rings is 1. The molecule has 0 bridgehead atoms. The van der Waals surface area contributed by atoms with Crippen LogP contribution in [0.4, 0.5) is 10.5 Å². The Balaban J connectivity index is 1.36. The summed E-state index contributed by atoms with van der Waals surface area (Å²) in [6, 6.07) is 14.7.